The highest BCUT2D eigenvalue weighted by Crippen LogP contribution is 2.21. The van der Waals surface area contributed by atoms with E-state index in [2.05, 4.69) is 42.3 Å². The van der Waals surface area contributed by atoms with E-state index in [-0.39, 0.29) is 4.75 Å². The van der Waals surface area contributed by atoms with Gasteiger partial charge in [-0.25, -0.2) is 4.98 Å². The molecule has 0 bridgehead atoms. The third kappa shape index (κ3) is 5.12. The van der Waals surface area contributed by atoms with E-state index in [1.54, 1.807) is 0 Å². The van der Waals surface area contributed by atoms with Gasteiger partial charge in [0, 0.05) is 23.1 Å². The lowest BCUT2D eigenvalue weighted by atomic mass is 10.2. The fraction of sp³-hybridized carbons (Fsp3) is 0.692. The summed E-state index contributed by atoms with van der Waals surface area (Å²) in [6.45, 7) is 9.92. The second-order valence-corrected chi connectivity index (χ2v) is 6.35. The Hall–Kier alpha value is -0.970. The first kappa shape index (κ1) is 15.1. The van der Waals surface area contributed by atoms with Crippen LogP contribution in [0.15, 0.2) is 6.07 Å². The van der Waals surface area contributed by atoms with Gasteiger partial charge in [-0.15, -0.1) is 0 Å². The molecule has 0 radical (unpaired) electrons. The monoisotopic (exact) mass is 269 g/mol. The van der Waals surface area contributed by atoms with Gasteiger partial charge in [-0.1, -0.05) is 6.92 Å². The lowest BCUT2D eigenvalue weighted by Gasteiger charge is -2.22. The molecule has 0 spiro atoms. The van der Waals surface area contributed by atoms with E-state index in [0.29, 0.717) is 18.4 Å². The maximum Gasteiger partial charge on any atom is 0.226 e. The molecule has 1 N–H and O–H groups in total. The van der Waals surface area contributed by atoms with E-state index in [0.717, 1.165) is 18.7 Å². The van der Waals surface area contributed by atoms with Crippen LogP contribution in [0.4, 0.5) is 5.95 Å². The van der Waals surface area contributed by atoms with Crippen LogP contribution in [-0.4, -0.2) is 34.1 Å². The Labute approximate surface area is 114 Å². The maximum atomic E-state index is 5.54. The molecule has 0 amide bonds. The molecule has 0 atom stereocenters. The first-order valence-electron chi connectivity index (χ1n) is 6.24. The molecule has 4 nitrogen and oxygen atoms in total. The standard InChI is InChI=1S/C13H23N3OS/c1-6-7-17-11-8-10(2)15-12(16-11)14-9-13(3,4)18-5/h8H,6-7,9H2,1-5H3,(H,14,15,16). The number of ether oxygens (including phenoxy) is 1. The van der Waals surface area contributed by atoms with Gasteiger partial charge in [0.25, 0.3) is 0 Å². The Morgan fingerprint density at radius 2 is 2.11 bits per heavy atom. The van der Waals surface area contributed by atoms with Crippen LogP contribution in [0.2, 0.25) is 0 Å². The van der Waals surface area contributed by atoms with Crippen LogP contribution in [0, 0.1) is 6.92 Å². The number of hydrogen-bond acceptors (Lipinski definition) is 5. The first-order chi connectivity index (χ1) is 8.46. The quantitative estimate of drug-likeness (QED) is 0.824. The number of nitrogens with zero attached hydrogens (tertiary/aromatic N) is 2. The molecular formula is C13H23N3OS. The van der Waals surface area contributed by atoms with Crippen molar-refractivity contribution in [1.29, 1.82) is 0 Å². The zero-order valence-corrected chi connectivity index (χ0v) is 12.7. The van der Waals surface area contributed by atoms with Crippen molar-refractivity contribution >= 4 is 17.7 Å². The van der Waals surface area contributed by atoms with E-state index in [9.17, 15) is 0 Å². The van der Waals surface area contributed by atoms with Crippen molar-refractivity contribution in [1.82, 2.24) is 9.97 Å². The van der Waals surface area contributed by atoms with Crippen molar-refractivity contribution in [2.24, 2.45) is 0 Å². The fourth-order valence-corrected chi connectivity index (χ4v) is 1.48. The van der Waals surface area contributed by atoms with Gasteiger partial charge in [0.2, 0.25) is 11.8 Å². The van der Waals surface area contributed by atoms with Gasteiger partial charge in [-0.3, -0.25) is 0 Å². The predicted molar refractivity (Wildman–Crippen MR) is 78.6 cm³/mol. The molecule has 1 aromatic rings. The van der Waals surface area contributed by atoms with E-state index >= 15 is 0 Å². The second-order valence-electron chi connectivity index (χ2n) is 4.84. The molecule has 0 saturated carbocycles. The van der Waals surface area contributed by atoms with Gasteiger partial charge in [0.1, 0.15) is 0 Å². The van der Waals surface area contributed by atoms with E-state index in [1.807, 2.05) is 24.8 Å². The lowest BCUT2D eigenvalue weighted by molar-refractivity contribution is 0.305. The number of nitrogens with one attached hydrogen (secondary N) is 1. The van der Waals surface area contributed by atoms with Crippen LogP contribution < -0.4 is 10.1 Å². The Morgan fingerprint density at radius 1 is 1.39 bits per heavy atom. The molecular weight excluding hydrogens is 246 g/mol. The van der Waals surface area contributed by atoms with Gasteiger partial charge in [0.15, 0.2) is 0 Å². The average molecular weight is 269 g/mol. The molecule has 102 valence electrons. The summed E-state index contributed by atoms with van der Waals surface area (Å²) >= 11 is 1.82. The third-order valence-corrected chi connectivity index (χ3v) is 3.76. The smallest absolute Gasteiger partial charge is 0.226 e. The summed E-state index contributed by atoms with van der Waals surface area (Å²) in [4.78, 5) is 8.72. The number of rotatable bonds is 7. The summed E-state index contributed by atoms with van der Waals surface area (Å²) in [5, 5.41) is 3.27. The summed E-state index contributed by atoms with van der Waals surface area (Å²) in [5.41, 5.74) is 0.917. The van der Waals surface area contributed by atoms with Crippen molar-refractivity contribution in [3.8, 4) is 5.88 Å². The highest BCUT2D eigenvalue weighted by atomic mass is 32.2. The molecule has 0 aliphatic rings. The molecule has 18 heavy (non-hydrogen) atoms. The van der Waals surface area contributed by atoms with Crippen molar-refractivity contribution in [2.45, 2.75) is 38.9 Å². The Kier molecular flexibility index (Phi) is 5.72. The Bertz CT molecular complexity index is 382. The number of hydrogen-bond donors (Lipinski definition) is 1. The van der Waals surface area contributed by atoms with Crippen LogP contribution in [0.1, 0.15) is 32.9 Å². The van der Waals surface area contributed by atoms with E-state index < -0.39 is 0 Å². The van der Waals surface area contributed by atoms with Crippen molar-refractivity contribution in [3.63, 3.8) is 0 Å². The molecule has 0 aliphatic carbocycles. The molecule has 0 unspecified atom stereocenters. The number of aromatic nitrogens is 2. The molecule has 1 aromatic heterocycles. The molecule has 0 aromatic carbocycles. The lowest BCUT2D eigenvalue weighted by Crippen LogP contribution is -2.26. The minimum Gasteiger partial charge on any atom is -0.478 e. The van der Waals surface area contributed by atoms with Crippen LogP contribution in [0.25, 0.3) is 0 Å². The van der Waals surface area contributed by atoms with Crippen LogP contribution in [-0.2, 0) is 0 Å². The SMILES string of the molecule is CCCOc1cc(C)nc(NCC(C)(C)SC)n1. The average Bonchev–Trinajstić information content (AvgIpc) is 2.33. The summed E-state index contributed by atoms with van der Waals surface area (Å²) in [7, 11) is 0. The Morgan fingerprint density at radius 3 is 2.72 bits per heavy atom. The summed E-state index contributed by atoms with van der Waals surface area (Å²) in [5.74, 6) is 1.29. The largest absolute Gasteiger partial charge is 0.478 e. The number of thioether (sulfide) groups is 1. The predicted octanol–water partition coefficient (Wildman–Crippen LogP) is 3.13. The topological polar surface area (TPSA) is 47.0 Å². The maximum absolute atomic E-state index is 5.54. The molecule has 1 heterocycles. The number of aryl methyl sites for hydroxylation is 1. The highest BCUT2D eigenvalue weighted by molar-refractivity contribution is 7.99. The van der Waals surface area contributed by atoms with Crippen molar-refractivity contribution in [3.05, 3.63) is 11.8 Å². The van der Waals surface area contributed by atoms with Crippen LogP contribution in [0.3, 0.4) is 0 Å². The third-order valence-electron chi connectivity index (χ3n) is 2.51. The molecule has 1 rings (SSSR count). The van der Waals surface area contributed by atoms with E-state index in [4.69, 9.17) is 4.74 Å². The van der Waals surface area contributed by atoms with E-state index in [1.165, 1.54) is 0 Å². The van der Waals surface area contributed by atoms with Gasteiger partial charge >= 0.3 is 0 Å². The summed E-state index contributed by atoms with van der Waals surface area (Å²) in [6, 6.07) is 1.86. The summed E-state index contributed by atoms with van der Waals surface area (Å²) < 4.78 is 5.70. The zero-order chi connectivity index (χ0) is 13.6. The zero-order valence-electron chi connectivity index (χ0n) is 11.9. The normalized spacial score (nSPS) is 11.4. The highest BCUT2D eigenvalue weighted by Gasteiger charge is 2.16. The Balaban J connectivity index is 2.68. The van der Waals surface area contributed by atoms with Crippen LogP contribution >= 0.6 is 11.8 Å². The van der Waals surface area contributed by atoms with Crippen LogP contribution in [0.5, 0.6) is 5.88 Å². The minimum absolute atomic E-state index is 0.164. The fourth-order valence-electron chi connectivity index (χ4n) is 1.26. The van der Waals surface area contributed by atoms with Gasteiger partial charge < -0.3 is 10.1 Å². The number of anilines is 1. The molecule has 0 saturated heterocycles. The van der Waals surface area contributed by atoms with Crippen molar-refractivity contribution in [2.75, 3.05) is 24.7 Å². The molecule has 5 heteroatoms. The van der Waals surface area contributed by atoms with Gasteiger partial charge in [0.05, 0.1) is 6.61 Å². The first-order valence-corrected chi connectivity index (χ1v) is 7.47. The molecule has 0 aliphatic heterocycles. The van der Waals surface area contributed by atoms with Crippen molar-refractivity contribution < 1.29 is 4.74 Å². The van der Waals surface area contributed by atoms with Gasteiger partial charge in [-0.2, -0.15) is 16.7 Å². The summed E-state index contributed by atoms with van der Waals surface area (Å²) in [6.07, 6.45) is 3.08. The molecule has 0 fully saturated rings. The second kappa shape index (κ2) is 6.83. The minimum atomic E-state index is 0.164. The van der Waals surface area contributed by atoms with Gasteiger partial charge in [-0.05, 0) is 33.4 Å².